The van der Waals surface area contributed by atoms with E-state index < -0.39 is 6.04 Å². The molecule has 1 aromatic carbocycles. The van der Waals surface area contributed by atoms with Gasteiger partial charge in [-0.2, -0.15) is 0 Å². The predicted molar refractivity (Wildman–Crippen MR) is 78.9 cm³/mol. The van der Waals surface area contributed by atoms with E-state index in [1.807, 2.05) is 31.2 Å². The topological polar surface area (TPSA) is 79.8 Å². The maximum atomic E-state index is 11.9. The van der Waals surface area contributed by atoms with Crippen molar-refractivity contribution in [3.05, 3.63) is 41.7 Å². The van der Waals surface area contributed by atoms with Crippen LogP contribution in [0.15, 0.2) is 41.2 Å². The molecule has 0 unspecified atom stereocenters. The van der Waals surface area contributed by atoms with E-state index in [9.17, 15) is 9.59 Å². The van der Waals surface area contributed by atoms with Crippen molar-refractivity contribution < 1.29 is 14.3 Å². The molecule has 0 bridgehead atoms. The minimum absolute atomic E-state index is 0.219. The molecule has 2 N–H and O–H groups in total. The standard InChI is InChI=1S/C15H17N3O3/c1-3-21-13-7-5-4-6-11(13)12-9-16-14(17-10(2)19)8-15(20)18-12/h4-9,12H,3H2,1-2H3,(H,17,19)(H,18,20)/t12-/m0/s1. The lowest BCUT2D eigenvalue weighted by atomic mass is 10.1. The Hall–Kier alpha value is -2.63. The van der Waals surface area contributed by atoms with Gasteiger partial charge in [0.1, 0.15) is 11.6 Å². The van der Waals surface area contributed by atoms with Crippen molar-refractivity contribution >= 4 is 18.0 Å². The van der Waals surface area contributed by atoms with Crippen LogP contribution in [-0.2, 0) is 9.59 Å². The molecule has 1 aliphatic rings. The first kappa shape index (κ1) is 14.8. The van der Waals surface area contributed by atoms with Crippen LogP contribution >= 0.6 is 0 Å². The lowest BCUT2D eigenvalue weighted by molar-refractivity contribution is -0.118. The zero-order chi connectivity index (χ0) is 15.2. The summed E-state index contributed by atoms with van der Waals surface area (Å²) in [5.41, 5.74) is 0.814. The molecule has 1 heterocycles. The fraction of sp³-hybridized carbons (Fsp3) is 0.267. The number of hydrogen-bond donors (Lipinski definition) is 2. The molecule has 0 radical (unpaired) electrons. The lowest BCUT2D eigenvalue weighted by Crippen LogP contribution is -2.27. The third-order valence-corrected chi connectivity index (χ3v) is 2.79. The quantitative estimate of drug-likeness (QED) is 0.876. The Labute approximate surface area is 122 Å². The van der Waals surface area contributed by atoms with Gasteiger partial charge in [-0.3, -0.25) is 9.59 Å². The van der Waals surface area contributed by atoms with E-state index in [1.165, 1.54) is 13.0 Å². The number of benzene rings is 1. The fourth-order valence-electron chi connectivity index (χ4n) is 1.98. The molecule has 1 atom stereocenters. The van der Waals surface area contributed by atoms with E-state index in [2.05, 4.69) is 15.6 Å². The van der Waals surface area contributed by atoms with Crippen molar-refractivity contribution in [1.29, 1.82) is 0 Å². The van der Waals surface area contributed by atoms with Crippen LogP contribution in [0.3, 0.4) is 0 Å². The normalized spacial score (nSPS) is 17.5. The summed E-state index contributed by atoms with van der Waals surface area (Å²) in [6, 6.07) is 7.02. The molecular formula is C15H17N3O3. The van der Waals surface area contributed by atoms with Crippen LogP contribution in [0.2, 0.25) is 0 Å². The molecule has 1 aliphatic heterocycles. The summed E-state index contributed by atoms with van der Waals surface area (Å²) in [4.78, 5) is 27.1. The van der Waals surface area contributed by atoms with Gasteiger partial charge in [0, 0.05) is 24.8 Å². The van der Waals surface area contributed by atoms with Crippen LogP contribution in [0.25, 0.3) is 0 Å². The van der Waals surface area contributed by atoms with E-state index >= 15 is 0 Å². The maximum Gasteiger partial charge on any atom is 0.248 e. The summed E-state index contributed by atoms with van der Waals surface area (Å²) in [6.45, 7) is 3.79. The first-order chi connectivity index (χ1) is 10.1. The summed E-state index contributed by atoms with van der Waals surface area (Å²) in [5, 5.41) is 5.30. The van der Waals surface area contributed by atoms with Gasteiger partial charge in [-0.1, -0.05) is 18.2 Å². The molecule has 0 saturated heterocycles. The SMILES string of the molecule is CCOc1ccccc1[C@@H]1C=NC(NC(C)=O)=CC(=O)N1. The number of nitrogens with one attached hydrogen (secondary N) is 2. The zero-order valence-corrected chi connectivity index (χ0v) is 11.9. The summed E-state index contributed by atoms with van der Waals surface area (Å²) in [5.74, 6) is 0.308. The Morgan fingerprint density at radius 2 is 2.19 bits per heavy atom. The third-order valence-electron chi connectivity index (χ3n) is 2.79. The van der Waals surface area contributed by atoms with Crippen molar-refractivity contribution in [2.24, 2.45) is 4.99 Å². The Kier molecular flexibility index (Phi) is 4.71. The van der Waals surface area contributed by atoms with Gasteiger partial charge < -0.3 is 15.4 Å². The number of carbonyl (C=O) groups excluding carboxylic acids is 2. The Morgan fingerprint density at radius 3 is 2.90 bits per heavy atom. The summed E-state index contributed by atoms with van der Waals surface area (Å²) in [7, 11) is 0. The number of aliphatic imine (C=N–C) groups is 1. The van der Waals surface area contributed by atoms with Crippen molar-refractivity contribution in [2.75, 3.05) is 6.61 Å². The monoisotopic (exact) mass is 287 g/mol. The molecule has 6 nitrogen and oxygen atoms in total. The minimum atomic E-state index is -0.414. The third kappa shape index (κ3) is 3.92. The number of nitrogens with zero attached hydrogens (tertiary/aromatic N) is 1. The van der Waals surface area contributed by atoms with Gasteiger partial charge in [-0.15, -0.1) is 0 Å². The van der Waals surface area contributed by atoms with Crippen LogP contribution in [0.4, 0.5) is 0 Å². The first-order valence-corrected chi connectivity index (χ1v) is 6.66. The Bertz CT molecular complexity index is 608. The van der Waals surface area contributed by atoms with Crippen molar-refractivity contribution in [1.82, 2.24) is 10.6 Å². The van der Waals surface area contributed by atoms with E-state index in [-0.39, 0.29) is 17.6 Å². The van der Waals surface area contributed by atoms with E-state index in [4.69, 9.17) is 4.74 Å². The number of carbonyl (C=O) groups is 2. The molecule has 1 aromatic rings. The number of hydrogen-bond acceptors (Lipinski definition) is 4. The summed E-state index contributed by atoms with van der Waals surface area (Å²) < 4.78 is 5.56. The minimum Gasteiger partial charge on any atom is -0.494 e. The number of ether oxygens (including phenoxy) is 1. The molecule has 0 fully saturated rings. The molecule has 0 aliphatic carbocycles. The molecule has 6 heteroatoms. The molecule has 2 rings (SSSR count). The second-order valence-electron chi connectivity index (χ2n) is 4.45. The van der Waals surface area contributed by atoms with E-state index in [0.29, 0.717) is 12.4 Å². The Morgan fingerprint density at radius 1 is 1.43 bits per heavy atom. The van der Waals surface area contributed by atoms with Gasteiger partial charge in [0.05, 0.1) is 12.6 Å². The van der Waals surface area contributed by atoms with Gasteiger partial charge >= 0.3 is 0 Å². The molecule has 110 valence electrons. The average Bonchev–Trinajstić information content (AvgIpc) is 2.60. The largest absolute Gasteiger partial charge is 0.494 e. The van der Waals surface area contributed by atoms with Gasteiger partial charge in [-0.25, -0.2) is 4.99 Å². The highest BCUT2D eigenvalue weighted by Crippen LogP contribution is 2.25. The Balaban J connectivity index is 2.27. The van der Waals surface area contributed by atoms with Gasteiger partial charge in [0.25, 0.3) is 0 Å². The highest BCUT2D eigenvalue weighted by molar-refractivity contribution is 5.93. The van der Waals surface area contributed by atoms with Crippen molar-refractivity contribution in [3.63, 3.8) is 0 Å². The molecule has 0 saturated carbocycles. The average molecular weight is 287 g/mol. The second-order valence-corrected chi connectivity index (χ2v) is 4.45. The van der Waals surface area contributed by atoms with Crippen molar-refractivity contribution in [2.45, 2.75) is 19.9 Å². The fourth-order valence-corrected chi connectivity index (χ4v) is 1.98. The molecule has 0 spiro atoms. The molecule has 21 heavy (non-hydrogen) atoms. The molecular weight excluding hydrogens is 270 g/mol. The second kappa shape index (κ2) is 6.69. The van der Waals surface area contributed by atoms with Crippen molar-refractivity contribution in [3.8, 4) is 5.75 Å². The van der Waals surface area contributed by atoms with E-state index in [0.717, 1.165) is 5.56 Å². The van der Waals surface area contributed by atoms with Gasteiger partial charge in [0.2, 0.25) is 11.8 Å². The number of rotatable bonds is 4. The lowest BCUT2D eigenvalue weighted by Gasteiger charge is -2.16. The summed E-state index contributed by atoms with van der Waals surface area (Å²) in [6.07, 6.45) is 2.83. The number of amides is 2. The number of para-hydroxylation sites is 1. The van der Waals surface area contributed by atoms with Crippen LogP contribution in [0, 0.1) is 0 Å². The maximum absolute atomic E-state index is 11.9. The highest BCUT2D eigenvalue weighted by atomic mass is 16.5. The van der Waals surface area contributed by atoms with Gasteiger partial charge in [-0.05, 0) is 13.0 Å². The van der Waals surface area contributed by atoms with E-state index in [1.54, 1.807) is 6.21 Å². The molecule has 2 amide bonds. The molecule has 0 aromatic heterocycles. The van der Waals surface area contributed by atoms with Crippen LogP contribution < -0.4 is 15.4 Å². The highest BCUT2D eigenvalue weighted by Gasteiger charge is 2.18. The zero-order valence-electron chi connectivity index (χ0n) is 11.9. The smallest absolute Gasteiger partial charge is 0.248 e. The van der Waals surface area contributed by atoms with Crippen LogP contribution in [-0.4, -0.2) is 24.6 Å². The predicted octanol–water partition coefficient (Wildman–Crippen LogP) is 1.30. The first-order valence-electron chi connectivity index (χ1n) is 6.66. The van der Waals surface area contributed by atoms with Crippen LogP contribution in [0.5, 0.6) is 5.75 Å². The summed E-state index contributed by atoms with van der Waals surface area (Å²) >= 11 is 0. The van der Waals surface area contributed by atoms with Gasteiger partial charge in [0.15, 0.2) is 0 Å². The van der Waals surface area contributed by atoms with Crippen LogP contribution in [0.1, 0.15) is 25.5 Å².